The van der Waals surface area contributed by atoms with Crippen LogP contribution < -0.4 is 21.3 Å². The monoisotopic (exact) mass is 516 g/mol. The maximum Gasteiger partial charge on any atom is 0.419 e. The van der Waals surface area contributed by atoms with Crippen LogP contribution in [0.5, 0.6) is 5.75 Å². The zero-order valence-electron chi connectivity index (χ0n) is 19.7. The second-order valence-electron chi connectivity index (χ2n) is 8.39. The van der Waals surface area contributed by atoms with Crippen LogP contribution in [0.15, 0.2) is 72.3 Å². The molecule has 1 aliphatic heterocycles. The first-order valence-electron chi connectivity index (χ1n) is 11.3. The number of carbonyl (C=O) groups excluding carboxylic acids is 1. The Kier molecular flexibility index (Phi) is 7.58. The molecule has 3 aromatic rings. The molecule has 0 bridgehead atoms. The second-order valence-corrected chi connectivity index (χ2v) is 8.39. The number of halogens is 4. The average Bonchev–Trinajstić information content (AvgIpc) is 2.88. The molecule has 12 heteroatoms. The van der Waals surface area contributed by atoms with Gasteiger partial charge in [-0.1, -0.05) is 36.4 Å². The largest absolute Gasteiger partial charge is 0.486 e. The SMILES string of the molecule is CC1CC(Nc2ncc(OCc3ccccc3)cn2)=C(NN)CN1C(=O)c1cccc(C(F)(F)F)c1F. The summed E-state index contributed by atoms with van der Waals surface area (Å²) in [5.74, 6) is 3.90. The molecule has 1 amide bonds. The molecule has 4 N–H and O–H groups in total. The normalized spacial score (nSPS) is 15.9. The smallest absolute Gasteiger partial charge is 0.419 e. The van der Waals surface area contributed by atoms with Gasteiger partial charge in [0, 0.05) is 18.2 Å². The van der Waals surface area contributed by atoms with Crippen LogP contribution in [-0.4, -0.2) is 33.4 Å². The van der Waals surface area contributed by atoms with Crippen molar-refractivity contribution in [2.24, 2.45) is 5.84 Å². The number of nitrogens with zero attached hydrogens (tertiary/aromatic N) is 3. The van der Waals surface area contributed by atoms with Crippen LogP contribution in [0.3, 0.4) is 0 Å². The van der Waals surface area contributed by atoms with E-state index in [2.05, 4.69) is 20.7 Å². The molecule has 0 aliphatic carbocycles. The minimum atomic E-state index is -4.92. The number of hydrogen-bond donors (Lipinski definition) is 3. The van der Waals surface area contributed by atoms with E-state index in [0.717, 1.165) is 17.7 Å². The molecule has 0 saturated carbocycles. The highest BCUT2D eigenvalue weighted by Crippen LogP contribution is 2.33. The lowest BCUT2D eigenvalue weighted by molar-refractivity contribution is -0.140. The van der Waals surface area contributed by atoms with Crippen molar-refractivity contribution in [1.82, 2.24) is 20.3 Å². The fraction of sp³-hybridized carbons (Fsp3) is 0.240. The van der Waals surface area contributed by atoms with Gasteiger partial charge in [0.15, 0.2) is 5.75 Å². The lowest BCUT2D eigenvalue weighted by atomic mass is 10.0. The fourth-order valence-corrected chi connectivity index (χ4v) is 3.88. The molecule has 37 heavy (non-hydrogen) atoms. The molecule has 2 heterocycles. The molecule has 0 fully saturated rings. The minimum absolute atomic E-state index is 0.0905. The molecule has 0 saturated heterocycles. The molecule has 4 rings (SSSR count). The van der Waals surface area contributed by atoms with Gasteiger partial charge in [-0.3, -0.25) is 10.6 Å². The minimum Gasteiger partial charge on any atom is -0.486 e. The maximum absolute atomic E-state index is 14.6. The van der Waals surface area contributed by atoms with Crippen LogP contribution >= 0.6 is 0 Å². The van der Waals surface area contributed by atoms with Crippen LogP contribution in [0.25, 0.3) is 0 Å². The standard InChI is InChI=1S/C25H24F4N6O2/c1-15-10-20(33-24-31-11-17(12-32-24)37-14-16-6-3-2-4-7-16)21(34-30)13-35(15)23(36)18-8-5-9-19(22(18)26)25(27,28)29/h2-9,11-12,15,34H,10,13-14,30H2,1H3,(H,31,32,33). The van der Waals surface area contributed by atoms with E-state index in [1.807, 2.05) is 30.3 Å². The first-order valence-corrected chi connectivity index (χ1v) is 11.3. The number of amides is 1. The predicted octanol–water partition coefficient (Wildman–Crippen LogP) is 4.23. The van der Waals surface area contributed by atoms with E-state index < -0.39 is 35.1 Å². The summed E-state index contributed by atoms with van der Waals surface area (Å²) in [5, 5.41) is 3.05. The third-order valence-corrected chi connectivity index (χ3v) is 5.83. The number of carbonyl (C=O) groups is 1. The number of ether oxygens (including phenoxy) is 1. The first kappa shape index (κ1) is 25.9. The number of rotatable bonds is 7. The Labute approximate surface area is 210 Å². The van der Waals surface area contributed by atoms with Crippen molar-refractivity contribution in [3.05, 3.63) is 94.8 Å². The quantitative estimate of drug-likeness (QED) is 0.245. The molecule has 2 aromatic carbocycles. The van der Waals surface area contributed by atoms with Crippen molar-refractivity contribution < 1.29 is 27.1 Å². The van der Waals surface area contributed by atoms with Gasteiger partial charge >= 0.3 is 6.18 Å². The number of hydrogen-bond acceptors (Lipinski definition) is 7. The van der Waals surface area contributed by atoms with Crippen molar-refractivity contribution >= 4 is 11.9 Å². The Bertz CT molecular complexity index is 1280. The van der Waals surface area contributed by atoms with Gasteiger partial charge in [0.2, 0.25) is 5.95 Å². The van der Waals surface area contributed by atoms with Crippen molar-refractivity contribution in [2.45, 2.75) is 32.2 Å². The van der Waals surface area contributed by atoms with Gasteiger partial charge in [-0.15, -0.1) is 0 Å². The molecule has 0 spiro atoms. The van der Waals surface area contributed by atoms with Crippen molar-refractivity contribution in [3.63, 3.8) is 0 Å². The van der Waals surface area contributed by atoms with E-state index in [9.17, 15) is 22.4 Å². The van der Waals surface area contributed by atoms with Gasteiger partial charge in [0.1, 0.15) is 12.4 Å². The van der Waals surface area contributed by atoms with Crippen LogP contribution in [0.2, 0.25) is 0 Å². The van der Waals surface area contributed by atoms with Crippen LogP contribution in [-0.2, 0) is 12.8 Å². The molecule has 194 valence electrons. The highest BCUT2D eigenvalue weighted by Gasteiger charge is 2.37. The summed E-state index contributed by atoms with van der Waals surface area (Å²) in [5.41, 5.74) is 2.30. The second kappa shape index (κ2) is 10.8. The Hall–Kier alpha value is -4.19. The lowest BCUT2D eigenvalue weighted by Gasteiger charge is -2.36. The summed E-state index contributed by atoms with van der Waals surface area (Å²) >= 11 is 0. The summed E-state index contributed by atoms with van der Waals surface area (Å²) in [6.45, 7) is 1.96. The Morgan fingerprint density at radius 1 is 1.11 bits per heavy atom. The maximum atomic E-state index is 14.6. The third-order valence-electron chi connectivity index (χ3n) is 5.83. The molecule has 1 aromatic heterocycles. The van der Waals surface area contributed by atoms with E-state index in [0.29, 0.717) is 29.8 Å². The molecule has 1 unspecified atom stereocenters. The van der Waals surface area contributed by atoms with Gasteiger partial charge in [-0.25, -0.2) is 14.4 Å². The summed E-state index contributed by atoms with van der Waals surface area (Å²) in [6.07, 6.45) is -1.67. The van der Waals surface area contributed by atoms with Crippen molar-refractivity contribution in [1.29, 1.82) is 0 Å². The fourth-order valence-electron chi connectivity index (χ4n) is 3.88. The third kappa shape index (κ3) is 5.97. The molecule has 0 radical (unpaired) electrons. The van der Waals surface area contributed by atoms with Gasteiger partial charge in [-0.05, 0) is 24.6 Å². The number of aromatic nitrogens is 2. The van der Waals surface area contributed by atoms with Crippen LogP contribution in [0.1, 0.15) is 34.8 Å². The number of nitrogens with two attached hydrogens (primary N) is 1. The molecule has 1 aliphatic rings. The first-order chi connectivity index (χ1) is 17.7. The number of nitrogens with one attached hydrogen (secondary N) is 2. The lowest BCUT2D eigenvalue weighted by Crippen LogP contribution is -2.47. The van der Waals surface area contributed by atoms with Gasteiger partial charge in [-0.2, -0.15) is 13.2 Å². The Balaban J connectivity index is 1.46. The highest BCUT2D eigenvalue weighted by atomic mass is 19.4. The number of benzene rings is 2. The van der Waals surface area contributed by atoms with E-state index in [1.54, 1.807) is 6.92 Å². The van der Waals surface area contributed by atoms with Crippen LogP contribution in [0, 0.1) is 5.82 Å². The number of anilines is 1. The predicted molar refractivity (Wildman–Crippen MR) is 127 cm³/mol. The summed E-state index contributed by atoms with van der Waals surface area (Å²) in [4.78, 5) is 22.7. The van der Waals surface area contributed by atoms with Crippen molar-refractivity contribution in [2.75, 3.05) is 11.9 Å². The van der Waals surface area contributed by atoms with E-state index >= 15 is 0 Å². The molecule has 1 atom stereocenters. The molecular formula is C25H24F4N6O2. The Morgan fingerprint density at radius 3 is 2.46 bits per heavy atom. The summed E-state index contributed by atoms with van der Waals surface area (Å²) in [6, 6.07) is 11.7. The number of hydrazine groups is 1. The zero-order valence-corrected chi connectivity index (χ0v) is 19.7. The average molecular weight is 516 g/mol. The van der Waals surface area contributed by atoms with E-state index in [1.165, 1.54) is 17.3 Å². The van der Waals surface area contributed by atoms with Gasteiger partial charge in [0.25, 0.3) is 5.91 Å². The van der Waals surface area contributed by atoms with E-state index in [4.69, 9.17) is 10.6 Å². The highest BCUT2D eigenvalue weighted by molar-refractivity contribution is 5.95. The topological polar surface area (TPSA) is 105 Å². The molecule has 8 nitrogen and oxygen atoms in total. The zero-order chi connectivity index (χ0) is 26.6. The van der Waals surface area contributed by atoms with Gasteiger partial charge < -0.3 is 20.4 Å². The summed E-state index contributed by atoms with van der Waals surface area (Å²) in [7, 11) is 0. The number of alkyl halides is 3. The molecular weight excluding hydrogens is 492 g/mol. The van der Waals surface area contributed by atoms with Crippen LogP contribution in [0.4, 0.5) is 23.5 Å². The summed E-state index contributed by atoms with van der Waals surface area (Å²) < 4.78 is 59.6. The van der Waals surface area contributed by atoms with Gasteiger partial charge in [0.05, 0.1) is 35.8 Å². The Morgan fingerprint density at radius 2 is 1.81 bits per heavy atom. The van der Waals surface area contributed by atoms with Crippen molar-refractivity contribution in [3.8, 4) is 5.75 Å². The van der Waals surface area contributed by atoms with E-state index in [-0.39, 0.29) is 18.9 Å².